The van der Waals surface area contributed by atoms with Crippen LogP contribution in [0, 0.1) is 10.1 Å². The van der Waals surface area contributed by atoms with Crippen LogP contribution in [0.3, 0.4) is 0 Å². The van der Waals surface area contributed by atoms with Crippen LogP contribution in [-0.4, -0.2) is 34.4 Å². The van der Waals surface area contributed by atoms with Gasteiger partial charge >= 0.3 is 0 Å². The average molecular weight is 329 g/mol. The third kappa shape index (κ3) is 3.48. The molecule has 8 heteroatoms. The van der Waals surface area contributed by atoms with Gasteiger partial charge in [0.05, 0.1) is 10.5 Å². The number of hydrogen-bond donors (Lipinski definition) is 2. The van der Waals surface area contributed by atoms with Crippen LogP contribution < -0.4 is 11.5 Å². The highest BCUT2D eigenvalue weighted by Gasteiger charge is 2.31. The second-order valence-corrected chi connectivity index (χ2v) is 5.42. The summed E-state index contributed by atoms with van der Waals surface area (Å²) in [5.74, 6) is -0.279. The molecular formula is C14H21ClN4O3. The van der Waals surface area contributed by atoms with Crippen LogP contribution in [0.4, 0.5) is 11.4 Å². The average Bonchev–Trinajstić information content (AvgIpc) is 2.46. The molecule has 1 amide bonds. The maximum absolute atomic E-state index is 12.7. The van der Waals surface area contributed by atoms with Crippen molar-refractivity contribution in [1.29, 1.82) is 0 Å². The van der Waals surface area contributed by atoms with Crippen LogP contribution in [0.5, 0.6) is 0 Å². The Labute approximate surface area is 135 Å². The topological polar surface area (TPSA) is 115 Å². The summed E-state index contributed by atoms with van der Waals surface area (Å²) in [5.41, 5.74) is 11.6. The van der Waals surface area contributed by atoms with Gasteiger partial charge in [-0.1, -0.05) is 6.07 Å². The van der Waals surface area contributed by atoms with Gasteiger partial charge in [0, 0.05) is 24.7 Å². The molecule has 1 aliphatic rings. The van der Waals surface area contributed by atoms with Gasteiger partial charge in [0.15, 0.2) is 0 Å². The third-order valence-corrected chi connectivity index (χ3v) is 3.93. The molecule has 0 saturated carbocycles. The van der Waals surface area contributed by atoms with E-state index < -0.39 is 4.92 Å². The molecule has 2 rings (SSSR count). The molecule has 1 heterocycles. The summed E-state index contributed by atoms with van der Waals surface area (Å²) in [4.78, 5) is 24.7. The van der Waals surface area contributed by atoms with Crippen molar-refractivity contribution in [1.82, 2.24) is 4.90 Å². The van der Waals surface area contributed by atoms with E-state index in [1.54, 1.807) is 4.90 Å². The minimum atomic E-state index is -0.578. The number of benzene rings is 1. The SMILES string of the molecule is CC(N)C1CCCCN1C(=O)c1cccc([N+](=O)[O-])c1N.Cl. The Balaban J connectivity index is 0.00000242. The lowest BCUT2D eigenvalue weighted by Crippen LogP contribution is -2.51. The lowest BCUT2D eigenvalue weighted by Gasteiger charge is -2.38. The van der Waals surface area contributed by atoms with E-state index in [0.717, 1.165) is 19.3 Å². The minimum absolute atomic E-state index is 0. The van der Waals surface area contributed by atoms with E-state index in [4.69, 9.17) is 11.5 Å². The van der Waals surface area contributed by atoms with E-state index in [9.17, 15) is 14.9 Å². The lowest BCUT2D eigenvalue weighted by atomic mass is 9.95. The molecule has 2 atom stereocenters. The molecule has 1 saturated heterocycles. The normalized spacial score (nSPS) is 19.2. The van der Waals surface area contributed by atoms with Crippen molar-refractivity contribution in [2.45, 2.75) is 38.3 Å². The van der Waals surface area contributed by atoms with Crippen molar-refractivity contribution in [2.24, 2.45) is 5.73 Å². The van der Waals surface area contributed by atoms with Crippen molar-refractivity contribution in [2.75, 3.05) is 12.3 Å². The van der Waals surface area contributed by atoms with Crippen molar-refractivity contribution < 1.29 is 9.72 Å². The fourth-order valence-electron chi connectivity index (χ4n) is 2.81. The van der Waals surface area contributed by atoms with Crippen molar-refractivity contribution in [3.05, 3.63) is 33.9 Å². The minimum Gasteiger partial charge on any atom is -0.393 e. The number of para-hydroxylation sites is 1. The maximum atomic E-state index is 12.7. The van der Waals surface area contributed by atoms with Crippen LogP contribution in [0.1, 0.15) is 36.5 Å². The fourth-order valence-corrected chi connectivity index (χ4v) is 2.81. The number of nitrogens with two attached hydrogens (primary N) is 2. The third-order valence-electron chi connectivity index (χ3n) is 3.93. The molecule has 1 fully saturated rings. The van der Waals surface area contributed by atoms with E-state index in [-0.39, 0.29) is 47.3 Å². The highest BCUT2D eigenvalue weighted by atomic mass is 35.5. The molecular weight excluding hydrogens is 308 g/mol. The van der Waals surface area contributed by atoms with Gasteiger partial charge in [-0.05, 0) is 32.3 Å². The first-order valence-corrected chi connectivity index (χ1v) is 7.03. The molecule has 22 heavy (non-hydrogen) atoms. The van der Waals surface area contributed by atoms with Gasteiger partial charge in [-0.2, -0.15) is 0 Å². The largest absolute Gasteiger partial charge is 0.393 e. The number of anilines is 1. The summed E-state index contributed by atoms with van der Waals surface area (Å²) < 4.78 is 0. The molecule has 4 N–H and O–H groups in total. The summed E-state index contributed by atoms with van der Waals surface area (Å²) in [6, 6.07) is 4.11. The number of nitrogens with zero attached hydrogens (tertiary/aromatic N) is 2. The molecule has 1 aliphatic heterocycles. The Morgan fingerprint density at radius 3 is 2.73 bits per heavy atom. The molecule has 122 valence electrons. The molecule has 0 radical (unpaired) electrons. The summed E-state index contributed by atoms with van der Waals surface area (Å²) in [5, 5.41) is 10.9. The number of hydrogen-bond acceptors (Lipinski definition) is 5. The van der Waals surface area contributed by atoms with Crippen LogP contribution >= 0.6 is 12.4 Å². The van der Waals surface area contributed by atoms with Crippen molar-refractivity contribution in [3.8, 4) is 0 Å². The summed E-state index contributed by atoms with van der Waals surface area (Å²) in [7, 11) is 0. The van der Waals surface area contributed by atoms with E-state index in [0.29, 0.717) is 6.54 Å². The number of carbonyl (C=O) groups excluding carboxylic acids is 1. The molecule has 0 aromatic heterocycles. The van der Waals surface area contributed by atoms with Gasteiger partial charge in [-0.3, -0.25) is 14.9 Å². The monoisotopic (exact) mass is 328 g/mol. The summed E-state index contributed by atoms with van der Waals surface area (Å²) in [6.45, 7) is 2.47. The predicted molar refractivity (Wildman–Crippen MR) is 87.1 cm³/mol. The highest BCUT2D eigenvalue weighted by molar-refractivity contribution is 6.01. The van der Waals surface area contributed by atoms with Gasteiger partial charge in [-0.25, -0.2) is 0 Å². The van der Waals surface area contributed by atoms with Gasteiger partial charge in [-0.15, -0.1) is 12.4 Å². The van der Waals surface area contributed by atoms with Crippen LogP contribution in [0.15, 0.2) is 18.2 Å². The molecule has 0 aliphatic carbocycles. The number of nitrogen functional groups attached to an aromatic ring is 1. The van der Waals surface area contributed by atoms with Crippen LogP contribution in [-0.2, 0) is 0 Å². The smallest absolute Gasteiger partial charge is 0.292 e. The van der Waals surface area contributed by atoms with E-state index >= 15 is 0 Å². The number of rotatable bonds is 3. The predicted octanol–water partition coefficient (Wildman–Crippen LogP) is 1.94. The number of nitro benzene ring substituents is 1. The standard InChI is InChI=1S/C14H20N4O3.ClH/c1-9(15)11-6-2-3-8-17(11)14(19)10-5-4-7-12(13(10)16)18(20)21;/h4-5,7,9,11H,2-3,6,8,15-16H2,1H3;1H. The fraction of sp³-hybridized carbons (Fsp3) is 0.500. The number of amides is 1. The Hall–Kier alpha value is -1.86. The second-order valence-electron chi connectivity index (χ2n) is 5.42. The Bertz CT molecular complexity index is 565. The first-order chi connectivity index (χ1) is 9.93. The zero-order chi connectivity index (χ0) is 15.6. The van der Waals surface area contributed by atoms with Gasteiger partial charge in [0.25, 0.3) is 11.6 Å². The molecule has 0 spiro atoms. The van der Waals surface area contributed by atoms with Crippen molar-refractivity contribution in [3.63, 3.8) is 0 Å². The molecule has 7 nitrogen and oxygen atoms in total. The summed E-state index contributed by atoms with van der Waals surface area (Å²) >= 11 is 0. The van der Waals surface area contributed by atoms with Crippen LogP contribution in [0.2, 0.25) is 0 Å². The number of halogens is 1. The maximum Gasteiger partial charge on any atom is 0.292 e. The van der Waals surface area contributed by atoms with E-state index in [1.165, 1.54) is 18.2 Å². The second kappa shape index (κ2) is 7.42. The first kappa shape index (κ1) is 18.2. The highest BCUT2D eigenvalue weighted by Crippen LogP contribution is 2.28. The Kier molecular flexibility index (Phi) is 6.13. The molecule has 2 unspecified atom stereocenters. The number of likely N-dealkylation sites (tertiary alicyclic amines) is 1. The van der Waals surface area contributed by atoms with Gasteiger partial charge < -0.3 is 16.4 Å². The molecule has 0 bridgehead atoms. The molecule has 1 aromatic carbocycles. The Morgan fingerprint density at radius 1 is 1.45 bits per heavy atom. The number of nitro groups is 1. The lowest BCUT2D eigenvalue weighted by molar-refractivity contribution is -0.383. The first-order valence-electron chi connectivity index (χ1n) is 7.03. The molecule has 1 aromatic rings. The zero-order valence-electron chi connectivity index (χ0n) is 12.4. The quantitative estimate of drug-likeness (QED) is 0.499. The summed E-state index contributed by atoms with van der Waals surface area (Å²) in [6.07, 6.45) is 2.78. The number of carbonyl (C=O) groups is 1. The number of piperidine rings is 1. The zero-order valence-corrected chi connectivity index (χ0v) is 13.2. The Morgan fingerprint density at radius 2 is 2.14 bits per heavy atom. The van der Waals surface area contributed by atoms with E-state index in [1.807, 2.05) is 6.92 Å². The van der Waals surface area contributed by atoms with Crippen LogP contribution in [0.25, 0.3) is 0 Å². The van der Waals surface area contributed by atoms with Crippen molar-refractivity contribution >= 4 is 29.7 Å². The van der Waals surface area contributed by atoms with Gasteiger partial charge in [0.1, 0.15) is 5.69 Å². The van der Waals surface area contributed by atoms with Gasteiger partial charge in [0.2, 0.25) is 0 Å². The van der Waals surface area contributed by atoms with E-state index in [2.05, 4.69) is 0 Å².